The Morgan fingerprint density at radius 3 is 1.70 bits per heavy atom. The van der Waals surface area contributed by atoms with E-state index in [9.17, 15) is 0 Å². The first-order valence-electron chi connectivity index (χ1n) is 17.0. The zero-order valence-corrected chi connectivity index (χ0v) is 27.2. The van der Waals surface area contributed by atoms with Crippen LogP contribution in [-0.2, 0) is 0 Å². The van der Waals surface area contributed by atoms with Crippen LogP contribution in [0.4, 0.5) is 0 Å². The Kier molecular flexibility index (Phi) is 6.56. The van der Waals surface area contributed by atoms with Gasteiger partial charge in [-0.15, -0.1) is 0 Å². The SMILES string of the molecule is C1=C(c2ccc3ccccc3c2)N=C(c2cccc3oc4c(-c5ccc6ccccc6c5)cccc4c23)N=C(c2ccc3ccccc3c2)C1. The topological polar surface area (TPSA) is 37.9 Å². The number of rotatable bonds is 4. The van der Waals surface area contributed by atoms with Crippen molar-refractivity contribution in [2.24, 2.45) is 9.98 Å². The number of furan rings is 1. The summed E-state index contributed by atoms with van der Waals surface area (Å²) in [4.78, 5) is 10.7. The van der Waals surface area contributed by atoms with Crippen LogP contribution >= 0.6 is 0 Å². The number of benzene rings is 8. The molecular formula is C47H30N2O. The predicted molar refractivity (Wildman–Crippen MR) is 210 cm³/mol. The second kappa shape index (κ2) is 11.5. The number of fused-ring (bicyclic) bond motifs is 6. The van der Waals surface area contributed by atoms with Crippen molar-refractivity contribution in [2.45, 2.75) is 6.42 Å². The first-order chi connectivity index (χ1) is 24.7. The molecule has 0 spiro atoms. The summed E-state index contributed by atoms with van der Waals surface area (Å²) >= 11 is 0. The Morgan fingerprint density at radius 2 is 1.00 bits per heavy atom. The molecule has 0 saturated heterocycles. The van der Waals surface area contributed by atoms with Crippen molar-refractivity contribution in [3.8, 4) is 11.1 Å². The molecule has 3 heteroatoms. The van der Waals surface area contributed by atoms with E-state index in [1.54, 1.807) is 0 Å². The molecule has 0 atom stereocenters. The van der Waals surface area contributed by atoms with Crippen molar-refractivity contribution < 1.29 is 4.42 Å². The third-order valence-electron chi connectivity index (χ3n) is 9.91. The molecule has 1 aliphatic rings. The molecule has 0 radical (unpaired) electrons. The summed E-state index contributed by atoms with van der Waals surface area (Å²) in [6.45, 7) is 0. The molecule has 3 nitrogen and oxygen atoms in total. The number of allylic oxidation sites excluding steroid dienone is 1. The maximum atomic E-state index is 6.71. The van der Waals surface area contributed by atoms with E-state index in [0.29, 0.717) is 12.3 Å². The minimum atomic E-state index is 0.654. The first-order valence-corrected chi connectivity index (χ1v) is 17.0. The maximum Gasteiger partial charge on any atom is 0.160 e. The van der Waals surface area contributed by atoms with E-state index < -0.39 is 0 Å². The number of nitrogens with zero attached hydrogens (tertiary/aromatic N) is 2. The quantitative estimate of drug-likeness (QED) is 0.189. The second-order valence-electron chi connectivity index (χ2n) is 12.9. The fourth-order valence-electron chi connectivity index (χ4n) is 7.37. The van der Waals surface area contributed by atoms with Gasteiger partial charge in [-0.05, 0) is 67.7 Å². The molecular weight excluding hydrogens is 609 g/mol. The zero-order valence-electron chi connectivity index (χ0n) is 27.2. The number of hydrogen-bond acceptors (Lipinski definition) is 3. The molecule has 2 heterocycles. The number of amidine groups is 1. The van der Waals surface area contributed by atoms with Gasteiger partial charge in [-0.1, -0.05) is 146 Å². The van der Waals surface area contributed by atoms with Gasteiger partial charge < -0.3 is 4.42 Å². The third-order valence-corrected chi connectivity index (χ3v) is 9.91. The third kappa shape index (κ3) is 4.83. The molecule has 8 aromatic carbocycles. The van der Waals surface area contributed by atoms with Crippen LogP contribution in [0.5, 0.6) is 0 Å². The molecule has 10 rings (SSSR count). The molecule has 0 N–H and O–H groups in total. The van der Waals surface area contributed by atoms with Crippen molar-refractivity contribution >= 4 is 71.5 Å². The summed E-state index contributed by atoms with van der Waals surface area (Å²) < 4.78 is 6.71. The van der Waals surface area contributed by atoms with Gasteiger partial charge in [0, 0.05) is 33.9 Å². The van der Waals surface area contributed by atoms with E-state index in [-0.39, 0.29) is 0 Å². The fraction of sp³-hybridized carbons (Fsp3) is 0.0213. The van der Waals surface area contributed by atoms with Gasteiger partial charge in [-0.25, -0.2) is 9.98 Å². The monoisotopic (exact) mass is 638 g/mol. The van der Waals surface area contributed by atoms with Crippen LogP contribution in [0.2, 0.25) is 0 Å². The minimum absolute atomic E-state index is 0.654. The summed E-state index contributed by atoms with van der Waals surface area (Å²) in [7, 11) is 0. The van der Waals surface area contributed by atoms with Crippen LogP contribution in [0, 0.1) is 0 Å². The molecule has 0 unspecified atom stereocenters. The van der Waals surface area contributed by atoms with E-state index in [1.807, 2.05) is 12.1 Å². The number of para-hydroxylation sites is 1. The van der Waals surface area contributed by atoms with Crippen molar-refractivity contribution in [1.29, 1.82) is 0 Å². The summed E-state index contributed by atoms with van der Waals surface area (Å²) in [6, 6.07) is 57.8. The summed E-state index contributed by atoms with van der Waals surface area (Å²) in [5.41, 5.74) is 8.87. The molecule has 0 bridgehead atoms. The largest absolute Gasteiger partial charge is 0.455 e. The van der Waals surface area contributed by atoms with Gasteiger partial charge in [0.2, 0.25) is 0 Å². The molecule has 0 aliphatic carbocycles. The molecule has 1 aromatic heterocycles. The summed E-state index contributed by atoms with van der Waals surface area (Å²) in [5.74, 6) is 0.675. The van der Waals surface area contributed by atoms with Gasteiger partial charge in [0.1, 0.15) is 11.2 Å². The van der Waals surface area contributed by atoms with E-state index >= 15 is 0 Å². The zero-order chi connectivity index (χ0) is 33.0. The second-order valence-corrected chi connectivity index (χ2v) is 12.9. The fourth-order valence-corrected chi connectivity index (χ4v) is 7.37. The van der Waals surface area contributed by atoms with E-state index in [1.165, 1.54) is 32.3 Å². The van der Waals surface area contributed by atoms with E-state index in [4.69, 9.17) is 14.4 Å². The Labute approximate surface area is 289 Å². The number of aliphatic imine (C=N–C) groups is 2. The summed E-state index contributed by atoms with van der Waals surface area (Å²) in [6.07, 6.45) is 2.87. The molecule has 1 aliphatic heterocycles. The van der Waals surface area contributed by atoms with Crippen LogP contribution < -0.4 is 0 Å². The first kappa shape index (κ1) is 28.4. The van der Waals surface area contributed by atoms with Gasteiger partial charge in [-0.2, -0.15) is 0 Å². The average molecular weight is 639 g/mol. The van der Waals surface area contributed by atoms with Crippen LogP contribution in [0.15, 0.2) is 184 Å². The molecule has 0 saturated carbocycles. The van der Waals surface area contributed by atoms with Gasteiger partial charge >= 0.3 is 0 Å². The van der Waals surface area contributed by atoms with Crippen LogP contribution in [0.25, 0.3) is 71.1 Å². The lowest BCUT2D eigenvalue weighted by Crippen LogP contribution is -2.05. The molecule has 50 heavy (non-hydrogen) atoms. The van der Waals surface area contributed by atoms with Crippen molar-refractivity contribution in [3.63, 3.8) is 0 Å². The lowest BCUT2D eigenvalue weighted by molar-refractivity contribution is 0.670. The van der Waals surface area contributed by atoms with Gasteiger partial charge in [0.15, 0.2) is 5.84 Å². The maximum absolute atomic E-state index is 6.71. The Hall–Kier alpha value is -6.58. The van der Waals surface area contributed by atoms with Gasteiger partial charge in [0.05, 0.1) is 11.4 Å². The highest BCUT2D eigenvalue weighted by atomic mass is 16.3. The van der Waals surface area contributed by atoms with Crippen molar-refractivity contribution in [3.05, 3.63) is 187 Å². The van der Waals surface area contributed by atoms with Crippen LogP contribution in [0.3, 0.4) is 0 Å². The highest BCUT2D eigenvalue weighted by Crippen LogP contribution is 2.39. The van der Waals surface area contributed by atoms with Gasteiger partial charge in [0.25, 0.3) is 0 Å². The smallest absolute Gasteiger partial charge is 0.160 e. The Morgan fingerprint density at radius 1 is 0.440 bits per heavy atom. The predicted octanol–water partition coefficient (Wildman–Crippen LogP) is 12.4. The highest BCUT2D eigenvalue weighted by Gasteiger charge is 2.20. The minimum Gasteiger partial charge on any atom is -0.455 e. The van der Waals surface area contributed by atoms with Crippen molar-refractivity contribution in [1.82, 2.24) is 0 Å². The Bertz CT molecular complexity index is 2900. The van der Waals surface area contributed by atoms with Crippen LogP contribution in [-0.4, -0.2) is 11.5 Å². The molecule has 0 amide bonds. The van der Waals surface area contributed by atoms with E-state index in [2.05, 4.69) is 158 Å². The highest BCUT2D eigenvalue weighted by molar-refractivity contribution is 6.24. The van der Waals surface area contributed by atoms with Gasteiger partial charge in [-0.3, -0.25) is 0 Å². The summed E-state index contributed by atoms with van der Waals surface area (Å²) in [5, 5.41) is 9.29. The molecule has 9 aromatic rings. The number of hydrogen-bond donors (Lipinski definition) is 0. The van der Waals surface area contributed by atoms with Crippen LogP contribution in [0.1, 0.15) is 23.1 Å². The Balaban J connectivity index is 1.18. The molecule has 0 fully saturated rings. The normalized spacial score (nSPS) is 13.5. The van der Waals surface area contributed by atoms with E-state index in [0.717, 1.165) is 61.2 Å². The lowest BCUT2D eigenvalue weighted by atomic mass is 9.98. The molecule has 234 valence electrons. The lowest BCUT2D eigenvalue weighted by Gasteiger charge is -2.08. The standard InChI is InChI=1S/C47H30N2O/c1-4-12-33-27-36(22-19-30(33)9-1)39-15-7-16-40-45-41(17-8-18-44(45)50-46(39)40)47-48-42(37-23-20-31-10-2-5-13-34(31)28-37)25-26-43(49-47)38-24-21-32-11-3-6-14-35(32)29-38/h1-25,27-29H,26H2. The van der Waals surface area contributed by atoms with Crippen molar-refractivity contribution in [2.75, 3.05) is 0 Å². The average Bonchev–Trinajstić information content (AvgIpc) is 3.42.